The van der Waals surface area contributed by atoms with Crippen molar-refractivity contribution in [2.24, 2.45) is 0 Å². The van der Waals surface area contributed by atoms with E-state index in [1.807, 2.05) is 31.2 Å². The van der Waals surface area contributed by atoms with Crippen molar-refractivity contribution >= 4 is 11.6 Å². The number of aryl methyl sites for hydroxylation is 2. The number of anilines is 1. The molecular weight excluding hydrogens is 260 g/mol. The largest absolute Gasteiger partial charge is 0.399 e. The van der Waals surface area contributed by atoms with Gasteiger partial charge in [0.15, 0.2) is 0 Å². The Balaban J connectivity index is 1.85. The van der Waals surface area contributed by atoms with Crippen LogP contribution in [-0.4, -0.2) is 5.91 Å². The van der Waals surface area contributed by atoms with Crippen molar-refractivity contribution in [3.63, 3.8) is 0 Å². The van der Waals surface area contributed by atoms with E-state index in [1.54, 1.807) is 0 Å². The second kappa shape index (κ2) is 6.93. The molecule has 0 aromatic heterocycles. The molecule has 0 saturated carbocycles. The molecule has 0 radical (unpaired) electrons. The summed E-state index contributed by atoms with van der Waals surface area (Å²) in [4.78, 5) is 12.0. The predicted octanol–water partition coefficient (Wildman–Crippen LogP) is 3.39. The molecule has 0 aliphatic carbocycles. The maximum absolute atomic E-state index is 12.0. The summed E-state index contributed by atoms with van der Waals surface area (Å²) in [6.45, 7) is 4.03. The third-order valence-electron chi connectivity index (χ3n) is 3.55. The zero-order chi connectivity index (χ0) is 15.2. The molecule has 0 aliphatic rings. The molecule has 2 rings (SSSR count). The van der Waals surface area contributed by atoms with Crippen LogP contribution in [0.15, 0.2) is 48.5 Å². The highest BCUT2D eigenvalue weighted by Crippen LogP contribution is 2.15. The van der Waals surface area contributed by atoms with Gasteiger partial charge in [0, 0.05) is 12.1 Å². The number of carbonyl (C=O) groups excluding carboxylic acids is 1. The first kappa shape index (κ1) is 15.1. The van der Waals surface area contributed by atoms with Gasteiger partial charge in [0.1, 0.15) is 0 Å². The molecule has 2 aromatic carbocycles. The van der Waals surface area contributed by atoms with Crippen LogP contribution >= 0.6 is 0 Å². The number of benzene rings is 2. The normalized spacial score (nSPS) is 11.9. The molecule has 3 N–H and O–H groups in total. The van der Waals surface area contributed by atoms with Gasteiger partial charge in [-0.2, -0.15) is 0 Å². The molecule has 0 spiro atoms. The number of hydrogen-bond acceptors (Lipinski definition) is 2. The van der Waals surface area contributed by atoms with Crippen LogP contribution in [0.2, 0.25) is 0 Å². The summed E-state index contributed by atoms with van der Waals surface area (Å²) in [5.74, 6) is 0.0606. The monoisotopic (exact) mass is 282 g/mol. The summed E-state index contributed by atoms with van der Waals surface area (Å²) in [5, 5.41) is 3.01. The predicted molar refractivity (Wildman–Crippen MR) is 86.9 cm³/mol. The van der Waals surface area contributed by atoms with Crippen molar-refractivity contribution in [2.75, 3.05) is 5.73 Å². The van der Waals surface area contributed by atoms with Crippen LogP contribution in [-0.2, 0) is 11.2 Å². The molecule has 21 heavy (non-hydrogen) atoms. The van der Waals surface area contributed by atoms with Gasteiger partial charge in [0.25, 0.3) is 0 Å². The Morgan fingerprint density at radius 1 is 1.19 bits per heavy atom. The number of nitrogens with two attached hydrogens (primary N) is 1. The highest BCUT2D eigenvalue weighted by Gasteiger charge is 2.09. The van der Waals surface area contributed by atoms with Crippen molar-refractivity contribution in [2.45, 2.75) is 32.7 Å². The minimum Gasteiger partial charge on any atom is -0.399 e. The minimum atomic E-state index is -0.0287. The Morgan fingerprint density at radius 3 is 2.57 bits per heavy atom. The molecule has 3 nitrogen and oxygen atoms in total. The van der Waals surface area contributed by atoms with Crippen LogP contribution in [0.4, 0.5) is 5.69 Å². The average Bonchev–Trinajstić information content (AvgIpc) is 2.46. The molecule has 2 aromatic rings. The highest BCUT2D eigenvalue weighted by atomic mass is 16.1. The molecule has 1 atom stereocenters. The zero-order valence-corrected chi connectivity index (χ0v) is 12.6. The van der Waals surface area contributed by atoms with Crippen LogP contribution in [0, 0.1) is 6.92 Å². The Labute approximate surface area is 126 Å². The molecule has 1 amide bonds. The van der Waals surface area contributed by atoms with Crippen LogP contribution < -0.4 is 11.1 Å². The lowest BCUT2D eigenvalue weighted by atomic mass is 10.1. The summed E-state index contributed by atoms with van der Waals surface area (Å²) < 4.78 is 0. The highest BCUT2D eigenvalue weighted by molar-refractivity contribution is 5.76. The van der Waals surface area contributed by atoms with E-state index >= 15 is 0 Å². The van der Waals surface area contributed by atoms with E-state index < -0.39 is 0 Å². The lowest BCUT2D eigenvalue weighted by Crippen LogP contribution is -2.26. The third kappa shape index (κ3) is 4.63. The van der Waals surface area contributed by atoms with Crippen molar-refractivity contribution in [1.29, 1.82) is 0 Å². The van der Waals surface area contributed by atoms with Gasteiger partial charge >= 0.3 is 0 Å². The Bertz CT molecular complexity index is 605. The Hall–Kier alpha value is -2.29. The first-order valence-electron chi connectivity index (χ1n) is 7.25. The topological polar surface area (TPSA) is 55.1 Å². The molecule has 0 heterocycles. The average molecular weight is 282 g/mol. The number of carbonyl (C=O) groups is 1. The van der Waals surface area contributed by atoms with Gasteiger partial charge in [0.2, 0.25) is 5.91 Å². The minimum absolute atomic E-state index is 0.0287. The van der Waals surface area contributed by atoms with E-state index in [0.717, 1.165) is 12.0 Å². The van der Waals surface area contributed by atoms with Crippen molar-refractivity contribution in [1.82, 2.24) is 5.32 Å². The molecule has 0 bridgehead atoms. The standard InChI is InChI=1S/C18H22N2O/c1-13-6-8-15(9-7-13)10-11-18(21)20-14(2)16-4-3-5-17(19)12-16/h3-9,12,14H,10-11,19H2,1-2H3,(H,20,21). The first-order valence-corrected chi connectivity index (χ1v) is 7.25. The summed E-state index contributed by atoms with van der Waals surface area (Å²) in [5.41, 5.74) is 9.93. The summed E-state index contributed by atoms with van der Waals surface area (Å²) in [6.07, 6.45) is 1.26. The lowest BCUT2D eigenvalue weighted by Gasteiger charge is -2.15. The summed E-state index contributed by atoms with van der Waals surface area (Å²) in [7, 11) is 0. The Kier molecular flexibility index (Phi) is 4.99. The van der Waals surface area contributed by atoms with Crippen molar-refractivity contribution in [3.05, 3.63) is 65.2 Å². The molecular formula is C18H22N2O. The fourth-order valence-corrected chi connectivity index (χ4v) is 2.24. The van der Waals surface area contributed by atoms with Gasteiger partial charge < -0.3 is 11.1 Å². The Morgan fingerprint density at radius 2 is 1.90 bits per heavy atom. The fraction of sp³-hybridized carbons (Fsp3) is 0.278. The van der Waals surface area contributed by atoms with Crippen LogP contribution in [0.25, 0.3) is 0 Å². The van der Waals surface area contributed by atoms with Gasteiger partial charge in [-0.05, 0) is 43.5 Å². The quantitative estimate of drug-likeness (QED) is 0.826. The smallest absolute Gasteiger partial charge is 0.220 e. The fourth-order valence-electron chi connectivity index (χ4n) is 2.24. The number of amides is 1. The third-order valence-corrected chi connectivity index (χ3v) is 3.55. The van der Waals surface area contributed by atoms with Crippen LogP contribution in [0.1, 0.15) is 36.1 Å². The molecule has 3 heteroatoms. The molecule has 1 unspecified atom stereocenters. The van der Waals surface area contributed by atoms with E-state index in [4.69, 9.17) is 5.73 Å². The second-order valence-electron chi connectivity index (χ2n) is 5.44. The van der Waals surface area contributed by atoms with E-state index in [1.165, 1.54) is 11.1 Å². The second-order valence-corrected chi connectivity index (χ2v) is 5.44. The number of nitrogen functional groups attached to an aromatic ring is 1. The molecule has 0 aliphatic heterocycles. The first-order chi connectivity index (χ1) is 10.0. The van der Waals surface area contributed by atoms with Gasteiger partial charge in [-0.1, -0.05) is 42.0 Å². The maximum Gasteiger partial charge on any atom is 0.220 e. The summed E-state index contributed by atoms with van der Waals surface area (Å²) in [6, 6.07) is 15.9. The van der Waals surface area contributed by atoms with Gasteiger partial charge in [0.05, 0.1) is 6.04 Å². The SMILES string of the molecule is Cc1ccc(CCC(=O)NC(C)c2cccc(N)c2)cc1. The summed E-state index contributed by atoms with van der Waals surface area (Å²) >= 11 is 0. The number of nitrogens with one attached hydrogen (secondary N) is 1. The lowest BCUT2D eigenvalue weighted by molar-refractivity contribution is -0.121. The van der Waals surface area contributed by atoms with Gasteiger partial charge in [-0.25, -0.2) is 0 Å². The maximum atomic E-state index is 12.0. The van der Waals surface area contributed by atoms with E-state index in [0.29, 0.717) is 12.1 Å². The van der Waals surface area contributed by atoms with Crippen LogP contribution in [0.3, 0.4) is 0 Å². The van der Waals surface area contributed by atoms with E-state index in [9.17, 15) is 4.79 Å². The van der Waals surface area contributed by atoms with Crippen LogP contribution in [0.5, 0.6) is 0 Å². The van der Waals surface area contributed by atoms with Gasteiger partial charge in [-0.3, -0.25) is 4.79 Å². The van der Waals surface area contributed by atoms with Crippen molar-refractivity contribution in [3.8, 4) is 0 Å². The van der Waals surface area contributed by atoms with E-state index in [2.05, 4.69) is 36.5 Å². The van der Waals surface area contributed by atoms with Gasteiger partial charge in [-0.15, -0.1) is 0 Å². The molecule has 0 fully saturated rings. The number of hydrogen-bond donors (Lipinski definition) is 2. The van der Waals surface area contributed by atoms with E-state index in [-0.39, 0.29) is 11.9 Å². The molecule has 110 valence electrons. The number of rotatable bonds is 5. The molecule has 0 saturated heterocycles. The van der Waals surface area contributed by atoms with Crippen molar-refractivity contribution < 1.29 is 4.79 Å². The zero-order valence-electron chi connectivity index (χ0n) is 12.6.